The van der Waals surface area contributed by atoms with Crippen LogP contribution < -0.4 is 5.32 Å². The second-order valence-corrected chi connectivity index (χ2v) is 4.11. The molecule has 0 saturated carbocycles. The van der Waals surface area contributed by atoms with Crippen LogP contribution in [0.2, 0.25) is 0 Å². The molecule has 96 valence electrons. The molecule has 20 heavy (non-hydrogen) atoms. The molecule has 5 nitrogen and oxygen atoms in total. The highest BCUT2D eigenvalue weighted by Gasteiger charge is 2.16. The molecule has 3 rings (SSSR count). The maximum absolute atomic E-state index is 12.1. The number of benzene rings is 1. The van der Waals surface area contributed by atoms with Gasteiger partial charge in [-0.15, -0.1) is 0 Å². The zero-order valence-electron chi connectivity index (χ0n) is 10.3. The van der Waals surface area contributed by atoms with Crippen LogP contribution in [0.5, 0.6) is 0 Å². The Morgan fingerprint density at radius 3 is 2.95 bits per heavy atom. The Kier molecular flexibility index (Phi) is 2.90. The molecular formula is C15H9N3O2. The van der Waals surface area contributed by atoms with Crippen LogP contribution in [0.25, 0.3) is 10.9 Å². The number of fused-ring (bicyclic) bond motifs is 1. The Labute approximate surface area is 114 Å². The lowest BCUT2D eigenvalue weighted by Crippen LogP contribution is -2.12. The van der Waals surface area contributed by atoms with Crippen molar-refractivity contribution >= 4 is 22.5 Å². The SMILES string of the molecule is N#Cc1ccoc1C(=O)Nc1cccc2cccnc12. The predicted molar refractivity (Wildman–Crippen MR) is 73.1 cm³/mol. The minimum Gasteiger partial charge on any atom is -0.458 e. The van der Waals surface area contributed by atoms with Gasteiger partial charge in [-0.1, -0.05) is 18.2 Å². The summed E-state index contributed by atoms with van der Waals surface area (Å²) in [5.41, 5.74) is 1.47. The van der Waals surface area contributed by atoms with Gasteiger partial charge in [0.15, 0.2) is 0 Å². The van der Waals surface area contributed by atoms with Gasteiger partial charge in [0, 0.05) is 11.6 Å². The van der Waals surface area contributed by atoms with Gasteiger partial charge in [0.25, 0.3) is 5.91 Å². The van der Waals surface area contributed by atoms with Crippen molar-refractivity contribution in [2.24, 2.45) is 0 Å². The monoisotopic (exact) mass is 263 g/mol. The quantitative estimate of drug-likeness (QED) is 0.770. The first-order chi connectivity index (χ1) is 9.79. The van der Waals surface area contributed by atoms with Gasteiger partial charge in [-0.25, -0.2) is 0 Å². The molecule has 1 amide bonds. The van der Waals surface area contributed by atoms with Crippen LogP contribution in [-0.2, 0) is 0 Å². The largest absolute Gasteiger partial charge is 0.458 e. The summed E-state index contributed by atoms with van der Waals surface area (Å²) in [5, 5.41) is 12.5. The first-order valence-corrected chi connectivity index (χ1v) is 5.92. The molecule has 0 aliphatic heterocycles. The predicted octanol–water partition coefficient (Wildman–Crippen LogP) is 2.95. The molecule has 5 heteroatoms. The molecule has 3 aromatic rings. The van der Waals surface area contributed by atoms with Crippen molar-refractivity contribution in [3.8, 4) is 6.07 Å². The Morgan fingerprint density at radius 2 is 2.10 bits per heavy atom. The number of para-hydroxylation sites is 1. The molecule has 0 atom stereocenters. The first kappa shape index (κ1) is 11.9. The molecule has 1 N–H and O–H groups in total. The number of carbonyl (C=O) groups excluding carboxylic acids is 1. The van der Waals surface area contributed by atoms with Gasteiger partial charge in [0.05, 0.1) is 17.5 Å². The van der Waals surface area contributed by atoms with Gasteiger partial charge in [0.1, 0.15) is 11.6 Å². The molecule has 0 radical (unpaired) electrons. The average Bonchev–Trinajstić information content (AvgIpc) is 2.96. The summed E-state index contributed by atoms with van der Waals surface area (Å²) in [4.78, 5) is 16.4. The molecule has 2 heterocycles. The first-order valence-electron chi connectivity index (χ1n) is 5.92. The lowest BCUT2D eigenvalue weighted by atomic mass is 10.2. The summed E-state index contributed by atoms with van der Waals surface area (Å²) in [6.45, 7) is 0. The van der Waals surface area contributed by atoms with Gasteiger partial charge >= 0.3 is 0 Å². The van der Waals surface area contributed by atoms with Gasteiger partial charge in [-0.3, -0.25) is 9.78 Å². The van der Waals surface area contributed by atoms with E-state index in [0.29, 0.717) is 11.2 Å². The molecule has 0 aliphatic rings. The summed E-state index contributed by atoms with van der Waals surface area (Å²) in [6, 6.07) is 12.6. The van der Waals surface area contributed by atoms with Crippen molar-refractivity contribution in [1.29, 1.82) is 5.26 Å². The summed E-state index contributed by atoms with van der Waals surface area (Å²) < 4.78 is 5.05. The van der Waals surface area contributed by atoms with Crippen molar-refractivity contribution in [2.45, 2.75) is 0 Å². The molecule has 0 bridgehead atoms. The Balaban J connectivity index is 1.98. The van der Waals surface area contributed by atoms with E-state index in [9.17, 15) is 4.79 Å². The third kappa shape index (κ3) is 1.99. The zero-order chi connectivity index (χ0) is 13.9. The van der Waals surface area contributed by atoms with Crippen molar-refractivity contribution < 1.29 is 9.21 Å². The van der Waals surface area contributed by atoms with E-state index in [0.717, 1.165) is 5.39 Å². The van der Waals surface area contributed by atoms with E-state index in [2.05, 4.69) is 10.3 Å². The lowest BCUT2D eigenvalue weighted by Gasteiger charge is -2.06. The summed E-state index contributed by atoms with van der Waals surface area (Å²) in [6.07, 6.45) is 2.97. The maximum atomic E-state index is 12.1. The van der Waals surface area contributed by atoms with E-state index in [1.54, 1.807) is 12.3 Å². The topological polar surface area (TPSA) is 78.9 Å². The number of furan rings is 1. The highest BCUT2D eigenvalue weighted by Crippen LogP contribution is 2.21. The molecule has 1 aromatic carbocycles. The molecule has 0 spiro atoms. The van der Waals surface area contributed by atoms with E-state index in [1.807, 2.05) is 30.3 Å². The number of carbonyl (C=O) groups is 1. The number of rotatable bonds is 2. The second-order valence-electron chi connectivity index (χ2n) is 4.11. The molecular weight excluding hydrogens is 254 g/mol. The van der Waals surface area contributed by atoms with Crippen molar-refractivity contribution in [2.75, 3.05) is 5.32 Å². The number of amides is 1. The van der Waals surface area contributed by atoms with E-state index in [4.69, 9.17) is 9.68 Å². The van der Waals surface area contributed by atoms with E-state index in [1.165, 1.54) is 12.3 Å². The van der Waals surface area contributed by atoms with E-state index < -0.39 is 5.91 Å². The van der Waals surface area contributed by atoms with Crippen molar-refractivity contribution in [1.82, 2.24) is 4.98 Å². The number of nitrogens with zero attached hydrogens (tertiary/aromatic N) is 2. The Hall–Kier alpha value is -3.13. The van der Waals surface area contributed by atoms with Crippen LogP contribution in [0, 0.1) is 11.3 Å². The molecule has 0 fully saturated rings. The van der Waals surface area contributed by atoms with Crippen LogP contribution in [0.3, 0.4) is 0 Å². The molecule has 0 saturated heterocycles. The fourth-order valence-electron chi connectivity index (χ4n) is 1.96. The van der Waals surface area contributed by atoms with E-state index >= 15 is 0 Å². The third-order valence-corrected chi connectivity index (χ3v) is 2.87. The molecule has 0 unspecified atom stereocenters. The number of hydrogen-bond acceptors (Lipinski definition) is 4. The third-order valence-electron chi connectivity index (χ3n) is 2.87. The lowest BCUT2D eigenvalue weighted by molar-refractivity contribution is 0.0996. The van der Waals surface area contributed by atoms with Gasteiger partial charge in [0.2, 0.25) is 5.76 Å². The normalized spacial score (nSPS) is 10.2. The van der Waals surface area contributed by atoms with E-state index in [-0.39, 0.29) is 11.3 Å². The van der Waals surface area contributed by atoms with Crippen LogP contribution in [0.1, 0.15) is 16.1 Å². The molecule has 2 aromatic heterocycles. The highest BCUT2D eigenvalue weighted by atomic mass is 16.3. The number of aromatic nitrogens is 1. The summed E-state index contributed by atoms with van der Waals surface area (Å²) in [7, 11) is 0. The Bertz CT molecular complexity index is 825. The second kappa shape index (κ2) is 4.86. The number of pyridine rings is 1. The zero-order valence-corrected chi connectivity index (χ0v) is 10.3. The number of anilines is 1. The minimum absolute atomic E-state index is 0.000402. The minimum atomic E-state index is -0.468. The van der Waals surface area contributed by atoms with Gasteiger partial charge < -0.3 is 9.73 Å². The van der Waals surface area contributed by atoms with Crippen molar-refractivity contribution in [3.63, 3.8) is 0 Å². The molecule has 0 aliphatic carbocycles. The number of nitriles is 1. The van der Waals surface area contributed by atoms with Crippen molar-refractivity contribution in [3.05, 3.63) is 60.2 Å². The Morgan fingerprint density at radius 1 is 1.25 bits per heavy atom. The van der Waals surface area contributed by atoms with Crippen LogP contribution in [0.15, 0.2) is 53.3 Å². The van der Waals surface area contributed by atoms with Gasteiger partial charge in [-0.2, -0.15) is 5.26 Å². The fourth-order valence-corrected chi connectivity index (χ4v) is 1.96. The number of nitrogens with one attached hydrogen (secondary N) is 1. The summed E-state index contributed by atoms with van der Waals surface area (Å²) in [5.74, 6) is -0.467. The smallest absolute Gasteiger partial charge is 0.292 e. The maximum Gasteiger partial charge on any atom is 0.292 e. The fraction of sp³-hybridized carbons (Fsp3) is 0. The standard InChI is InChI=1S/C15H9N3O2/c16-9-11-6-8-20-14(11)15(19)18-12-5-1-3-10-4-2-7-17-13(10)12/h1-8H,(H,18,19). The number of hydrogen-bond donors (Lipinski definition) is 1. The van der Waals surface area contributed by atoms with Crippen LogP contribution in [0.4, 0.5) is 5.69 Å². The van der Waals surface area contributed by atoms with Crippen LogP contribution >= 0.6 is 0 Å². The summed E-state index contributed by atoms with van der Waals surface area (Å²) >= 11 is 0. The highest BCUT2D eigenvalue weighted by molar-refractivity contribution is 6.07. The van der Waals surface area contributed by atoms with Gasteiger partial charge in [-0.05, 0) is 18.2 Å². The van der Waals surface area contributed by atoms with Crippen LogP contribution in [-0.4, -0.2) is 10.9 Å². The average molecular weight is 263 g/mol.